The van der Waals surface area contributed by atoms with E-state index in [2.05, 4.69) is 26.1 Å². The van der Waals surface area contributed by atoms with Crippen LogP contribution in [0.25, 0.3) is 0 Å². The summed E-state index contributed by atoms with van der Waals surface area (Å²) in [5.74, 6) is 4.03. The Kier molecular flexibility index (Phi) is 4.90. The summed E-state index contributed by atoms with van der Waals surface area (Å²) in [6.07, 6.45) is 10.2. The average molecular weight is 237 g/mol. The van der Waals surface area contributed by atoms with Crippen LogP contribution in [0.3, 0.4) is 0 Å². The Morgan fingerprint density at radius 2 is 1.59 bits per heavy atom. The molecule has 0 aromatic heterocycles. The van der Waals surface area contributed by atoms with E-state index in [0.29, 0.717) is 0 Å². The van der Waals surface area contributed by atoms with Crippen LogP contribution >= 0.6 is 0 Å². The second-order valence-corrected chi connectivity index (χ2v) is 6.75. The summed E-state index contributed by atoms with van der Waals surface area (Å²) >= 11 is 0. The van der Waals surface area contributed by atoms with Crippen molar-refractivity contribution in [1.29, 1.82) is 0 Å². The second kappa shape index (κ2) is 6.22. The molecule has 0 aromatic rings. The van der Waals surface area contributed by atoms with Crippen molar-refractivity contribution >= 4 is 0 Å². The van der Waals surface area contributed by atoms with Crippen LogP contribution in [0, 0.1) is 23.7 Å². The minimum atomic E-state index is 0.842. The highest BCUT2D eigenvalue weighted by Crippen LogP contribution is 2.42. The van der Waals surface area contributed by atoms with Gasteiger partial charge in [-0.1, -0.05) is 27.2 Å². The minimum Gasteiger partial charge on any atom is -0.314 e. The first-order chi connectivity index (χ1) is 8.20. The molecule has 2 saturated carbocycles. The molecule has 5 atom stereocenters. The molecule has 2 aliphatic rings. The van der Waals surface area contributed by atoms with Gasteiger partial charge in [-0.2, -0.15) is 0 Å². The zero-order chi connectivity index (χ0) is 12.3. The van der Waals surface area contributed by atoms with Crippen LogP contribution in [-0.4, -0.2) is 12.6 Å². The van der Waals surface area contributed by atoms with Crippen molar-refractivity contribution in [3.63, 3.8) is 0 Å². The highest BCUT2D eigenvalue weighted by atomic mass is 14.9. The van der Waals surface area contributed by atoms with Crippen molar-refractivity contribution in [2.45, 2.75) is 71.8 Å². The lowest BCUT2D eigenvalue weighted by Gasteiger charge is -2.35. The minimum absolute atomic E-state index is 0.842. The van der Waals surface area contributed by atoms with Crippen LogP contribution in [0.4, 0.5) is 0 Å². The Hall–Kier alpha value is -0.0400. The average Bonchev–Trinajstić information content (AvgIpc) is 2.79. The molecule has 2 rings (SSSR count). The first kappa shape index (κ1) is 13.4. The molecule has 0 aromatic carbocycles. The lowest BCUT2D eigenvalue weighted by Crippen LogP contribution is -2.29. The second-order valence-electron chi connectivity index (χ2n) is 6.75. The first-order valence-corrected chi connectivity index (χ1v) is 7.94. The molecule has 0 radical (unpaired) electrons. The van der Waals surface area contributed by atoms with E-state index in [9.17, 15) is 0 Å². The number of hydrogen-bond acceptors (Lipinski definition) is 1. The van der Waals surface area contributed by atoms with E-state index in [1.165, 1.54) is 51.5 Å². The van der Waals surface area contributed by atoms with Crippen LogP contribution in [0.2, 0.25) is 0 Å². The van der Waals surface area contributed by atoms with Gasteiger partial charge in [0.2, 0.25) is 0 Å². The van der Waals surface area contributed by atoms with Crippen molar-refractivity contribution in [1.82, 2.24) is 5.32 Å². The molecule has 1 nitrogen and oxygen atoms in total. The van der Waals surface area contributed by atoms with Crippen LogP contribution in [0.1, 0.15) is 65.7 Å². The molecule has 0 bridgehead atoms. The Balaban J connectivity index is 1.76. The van der Waals surface area contributed by atoms with E-state index in [1.807, 2.05) is 0 Å². The standard InChI is InChI=1S/C16H31N/c1-4-9-17-16-8-7-15(11-16)14-6-5-12(2)13(3)10-14/h12-17H,4-11H2,1-3H3. The summed E-state index contributed by atoms with van der Waals surface area (Å²) in [4.78, 5) is 0. The SMILES string of the molecule is CCCNC1CCC(C2CCC(C)C(C)C2)C1. The summed E-state index contributed by atoms with van der Waals surface area (Å²) in [5.41, 5.74) is 0. The van der Waals surface area contributed by atoms with E-state index in [4.69, 9.17) is 0 Å². The molecule has 5 unspecified atom stereocenters. The van der Waals surface area contributed by atoms with E-state index >= 15 is 0 Å². The van der Waals surface area contributed by atoms with Gasteiger partial charge in [0.05, 0.1) is 0 Å². The van der Waals surface area contributed by atoms with Crippen LogP contribution in [0.15, 0.2) is 0 Å². The normalized spacial score (nSPS) is 42.9. The summed E-state index contributed by atoms with van der Waals surface area (Å²) in [7, 11) is 0. The molecule has 2 fully saturated rings. The largest absolute Gasteiger partial charge is 0.314 e. The predicted octanol–water partition coefficient (Wildman–Crippen LogP) is 4.23. The maximum Gasteiger partial charge on any atom is 0.00699 e. The third kappa shape index (κ3) is 3.47. The Morgan fingerprint density at radius 1 is 0.882 bits per heavy atom. The summed E-state index contributed by atoms with van der Waals surface area (Å²) in [5, 5.41) is 3.72. The molecule has 1 heteroatoms. The van der Waals surface area contributed by atoms with Crippen LogP contribution < -0.4 is 5.32 Å². The molecule has 1 N–H and O–H groups in total. The number of hydrogen-bond donors (Lipinski definition) is 1. The summed E-state index contributed by atoms with van der Waals surface area (Å²) < 4.78 is 0. The zero-order valence-electron chi connectivity index (χ0n) is 12.0. The Morgan fingerprint density at radius 3 is 2.29 bits per heavy atom. The topological polar surface area (TPSA) is 12.0 Å². The predicted molar refractivity (Wildman–Crippen MR) is 75.1 cm³/mol. The van der Waals surface area contributed by atoms with Crippen molar-refractivity contribution in [3.05, 3.63) is 0 Å². The molecule has 0 amide bonds. The maximum atomic E-state index is 3.72. The molecular weight excluding hydrogens is 206 g/mol. The molecule has 100 valence electrons. The first-order valence-electron chi connectivity index (χ1n) is 7.94. The molecule has 0 aliphatic heterocycles. The van der Waals surface area contributed by atoms with Crippen LogP contribution in [0.5, 0.6) is 0 Å². The van der Waals surface area contributed by atoms with E-state index < -0.39 is 0 Å². The molecule has 0 heterocycles. The molecule has 0 saturated heterocycles. The summed E-state index contributed by atoms with van der Waals surface area (Å²) in [6, 6.07) is 0.842. The van der Waals surface area contributed by atoms with Gasteiger partial charge in [0.1, 0.15) is 0 Å². The lowest BCUT2D eigenvalue weighted by atomic mass is 9.71. The van der Waals surface area contributed by atoms with E-state index in [0.717, 1.165) is 29.7 Å². The van der Waals surface area contributed by atoms with Gasteiger partial charge in [-0.05, 0) is 68.7 Å². The van der Waals surface area contributed by atoms with Crippen molar-refractivity contribution < 1.29 is 0 Å². The van der Waals surface area contributed by atoms with Gasteiger partial charge in [-0.15, -0.1) is 0 Å². The fourth-order valence-corrected chi connectivity index (χ4v) is 4.00. The van der Waals surface area contributed by atoms with Crippen LogP contribution in [-0.2, 0) is 0 Å². The highest BCUT2D eigenvalue weighted by molar-refractivity contribution is 4.87. The Bertz CT molecular complexity index is 226. The monoisotopic (exact) mass is 237 g/mol. The zero-order valence-corrected chi connectivity index (χ0v) is 12.0. The fraction of sp³-hybridized carbons (Fsp3) is 1.00. The lowest BCUT2D eigenvalue weighted by molar-refractivity contribution is 0.156. The number of nitrogens with one attached hydrogen (secondary N) is 1. The molecule has 2 aliphatic carbocycles. The van der Waals surface area contributed by atoms with E-state index in [-0.39, 0.29) is 0 Å². The highest BCUT2D eigenvalue weighted by Gasteiger charge is 2.34. The fourth-order valence-electron chi connectivity index (χ4n) is 4.00. The van der Waals surface area contributed by atoms with Gasteiger partial charge in [0, 0.05) is 6.04 Å². The van der Waals surface area contributed by atoms with Crippen molar-refractivity contribution in [2.24, 2.45) is 23.7 Å². The third-order valence-corrected chi connectivity index (χ3v) is 5.46. The smallest absolute Gasteiger partial charge is 0.00699 e. The van der Waals surface area contributed by atoms with E-state index in [1.54, 1.807) is 0 Å². The van der Waals surface area contributed by atoms with Gasteiger partial charge < -0.3 is 5.32 Å². The van der Waals surface area contributed by atoms with Crippen molar-refractivity contribution in [3.8, 4) is 0 Å². The Labute approximate surface area is 108 Å². The number of rotatable bonds is 4. The van der Waals surface area contributed by atoms with Gasteiger partial charge >= 0.3 is 0 Å². The van der Waals surface area contributed by atoms with Crippen molar-refractivity contribution in [2.75, 3.05) is 6.54 Å². The third-order valence-electron chi connectivity index (χ3n) is 5.46. The molecule has 0 spiro atoms. The van der Waals surface area contributed by atoms with Gasteiger partial charge in [0.15, 0.2) is 0 Å². The molecular formula is C16H31N. The molecule has 17 heavy (non-hydrogen) atoms. The van der Waals surface area contributed by atoms with Gasteiger partial charge in [-0.3, -0.25) is 0 Å². The van der Waals surface area contributed by atoms with Gasteiger partial charge in [-0.25, -0.2) is 0 Å². The summed E-state index contributed by atoms with van der Waals surface area (Å²) in [6.45, 7) is 8.40. The maximum absolute atomic E-state index is 3.72. The van der Waals surface area contributed by atoms with Gasteiger partial charge in [0.25, 0.3) is 0 Å². The quantitative estimate of drug-likeness (QED) is 0.771.